The molecule has 1 amide bonds. The SMILES string of the molecule is COCCOCC(=O)N1CCCN(C)CC1C. The minimum absolute atomic E-state index is 0.0869. The molecule has 100 valence electrons. The first-order valence-corrected chi connectivity index (χ1v) is 6.20. The number of nitrogens with zero attached hydrogens (tertiary/aromatic N) is 2. The highest BCUT2D eigenvalue weighted by Crippen LogP contribution is 2.08. The fourth-order valence-electron chi connectivity index (χ4n) is 2.13. The number of carbonyl (C=O) groups is 1. The molecular formula is C12H24N2O3. The van der Waals surface area contributed by atoms with Crippen molar-refractivity contribution in [1.82, 2.24) is 9.80 Å². The zero-order valence-corrected chi connectivity index (χ0v) is 11.1. The van der Waals surface area contributed by atoms with Gasteiger partial charge in [0.25, 0.3) is 0 Å². The predicted molar refractivity (Wildman–Crippen MR) is 66.0 cm³/mol. The van der Waals surface area contributed by atoms with Gasteiger partial charge in [0.15, 0.2) is 0 Å². The van der Waals surface area contributed by atoms with Crippen LogP contribution in [0.4, 0.5) is 0 Å². The number of amides is 1. The number of carbonyl (C=O) groups excluding carboxylic acids is 1. The maximum Gasteiger partial charge on any atom is 0.248 e. The third-order valence-corrected chi connectivity index (χ3v) is 3.02. The van der Waals surface area contributed by atoms with E-state index >= 15 is 0 Å². The van der Waals surface area contributed by atoms with E-state index in [1.807, 2.05) is 4.90 Å². The van der Waals surface area contributed by atoms with Crippen LogP contribution in [-0.2, 0) is 14.3 Å². The van der Waals surface area contributed by atoms with Crippen LogP contribution in [-0.4, -0.2) is 75.4 Å². The number of rotatable bonds is 5. The molecule has 0 bridgehead atoms. The molecular weight excluding hydrogens is 220 g/mol. The minimum atomic E-state index is 0.0869. The van der Waals surface area contributed by atoms with Crippen LogP contribution in [0.25, 0.3) is 0 Å². The molecule has 0 aromatic rings. The highest BCUT2D eigenvalue weighted by atomic mass is 16.5. The van der Waals surface area contributed by atoms with Crippen LogP contribution in [0.5, 0.6) is 0 Å². The second-order valence-corrected chi connectivity index (χ2v) is 4.60. The van der Waals surface area contributed by atoms with E-state index in [9.17, 15) is 4.79 Å². The first-order chi connectivity index (χ1) is 8.15. The third-order valence-electron chi connectivity index (χ3n) is 3.02. The quantitative estimate of drug-likeness (QED) is 0.648. The molecule has 1 unspecified atom stereocenters. The van der Waals surface area contributed by atoms with Crippen molar-refractivity contribution in [2.45, 2.75) is 19.4 Å². The van der Waals surface area contributed by atoms with Gasteiger partial charge in [-0.25, -0.2) is 0 Å². The molecule has 5 heteroatoms. The van der Waals surface area contributed by atoms with Gasteiger partial charge in [0.05, 0.1) is 13.2 Å². The Morgan fingerprint density at radius 1 is 1.35 bits per heavy atom. The van der Waals surface area contributed by atoms with Gasteiger partial charge in [-0.2, -0.15) is 0 Å². The van der Waals surface area contributed by atoms with Crippen LogP contribution >= 0.6 is 0 Å². The van der Waals surface area contributed by atoms with Crippen molar-refractivity contribution in [2.24, 2.45) is 0 Å². The van der Waals surface area contributed by atoms with Gasteiger partial charge in [0.2, 0.25) is 5.91 Å². The van der Waals surface area contributed by atoms with Gasteiger partial charge in [-0.05, 0) is 26.9 Å². The molecule has 0 saturated carbocycles. The number of hydrogen-bond acceptors (Lipinski definition) is 4. The van der Waals surface area contributed by atoms with Crippen molar-refractivity contribution >= 4 is 5.91 Å². The van der Waals surface area contributed by atoms with Gasteiger partial charge < -0.3 is 19.3 Å². The van der Waals surface area contributed by atoms with E-state index < -0.39 is 0 Å². The molecule has 0 N–H and O–H groups in total. The Morgan fingerprint density at radius 2 is 2.12 bits per heavy atom. The number of methoxy groups -OCH3 is 1. The molecule has 0 spiro atoms. The molecule has 1 rings (SSSR count). The van der Waals surface area contributed by atoms with Crippen LogP contribution in [0.1, 0.15) is 13.3 Å². The van der Waals surface area contributed by atoms with Crippen LogP contribution in [0, 0.1) is 0 Å². The molecule has 0 radical (unpaired) electrons. The van der Waals surface area contributed by atoms with Gasteiger partial charge in [0, 0.05) is 26.2 Å². The molecule has 1 heterocycles. The summed E-state index contributed by atoms with van der Waals surface area (Å²) in [6.07, 6.45) is 1.03. The summed E-state index contributed by atoms with van der Waals surface area (Å²) >= 11 is 0. The highest BCUT2D eigenvalue weighted by molar-refractivity contribution is 5.77. The smallest absolute Gasteiger partial charge is 0.248 e. The Kier molecular flexibility index (Phi) is 6.47. The third kappa shape index (κ3) is 5.02. The van der Waals surface area contributed by atoms with Crippen molar-refractivity contribution in [3.05, 3.63) is 0 Å². The Bertz CT molecular complexity index is 236. The summed E-state index contributed by atoms with van der Waals surface area (Å²) in [7, 11) is 3.72. The summed E-state index contributed by atoms with van der Waals surface area (Å²) in [5, 5.41) is 0. The monoisotopic (exact) mass is 244 g/mol. The fraction of sp³-hybridized carbons (Fsp3) is 0.917. The molecule has 1 aliphatic rings. The van der Waals surface area contributed by atoms with Crippen molar-refractivity contribution in [3.8, 4) is 0 Å². The van der Waals surface area contributed by atoms with Crippen molar-refractivity contribution in [2.75, 3.05) is 53.6 Å². The van der Waals surface area contributed by atoms with Gasteiger partial charge >= 0.3 is 0 Å². The molecule has 1 atom stereocenters. The van der Waals surface area contributed by atoms with Crippen LogP contribution < -0.4 is 0 Å². The van der Waals surface area contributed by atoms with E-state index in [0.29, 0.717) is 13.2 Å². The van der Waals surface area contributed by atoms with Crippen LogP contribution in [0.3, 0.4) is 0 Å². The first kappa shape index (κ1) is 14.4. The Morgan fingerprint density at radius 3 is 2.82 bits per heavy atom. The molecule has 5 nitrogen and oxygen atoms in total. The standard InChI is InChI=1S/C12H24N2O3/c1-11-9-13(2)5-4-6-14(11)12(15)10-17-8-7-16-3/h11H,4-10H2,1-3H3. The van der Waals surface area contributed by atoms with Crippen molar-refractivity contribution in [1.29, 1.82) is 0 Å². The lowest BCUT2D eigenvalue weighted by atomic mass is 10.2. The normalized spacial score (nSPS) is 22.5. The van der Waals surface area contributed by atoms with Gasteiger partial charge in [-0.15, -0.1) is 0 Å². The molecule has 17 heavy (non-hydrogen) atoms. The zero-order valence-electron chi connectivity index (χ0n) is 11.1. The van der Waals surface area contributed by atoms with E-state index in [-0.39, 0.29) is 18.6 Å². The maximum absolute atomic E-state index is 12.0. The number of likely N-dealkylation sites (N-methyl/N-ethyl adjacent to an activating group) is 1. The first-order valence-electron chi connectivity index (χ1n) is 6.20. The summed E-state index contributed by atoms with van der Waals surface area (Å²) in [4.78, 5) is 16.2. The van der Waals surface area contributed by atoms with Crippen molar-refractivity contribution < 1.29 is 14.3 Å². The van der Waals surface area contributed by atoms with E-state index in [4.69, 9.17) is 9.47 Å². The number of ether oxygens (including phenoxy) is 2. The van der Waals surface area contributed by atoms with E-state index in [1.165, 1.54) is 0 Å². The lowest BCUT2D eigenvalue weighted by Crippen LogP contribution is -2.43. The lowest BCUT2D eigenvalue weighted by molar-refractivity contribution is -0.138. The zero-order chi connectivity index (χ0) is 12.7. The molecule has 1 fully saturated rings. The van der Waals surface area contributed by atoms with Crippen LogP contribution in [0.15, 0.2) is 0 Å². The molecule has 1 saturated heterocycles. The molecule has 1 aliphatic heterocycles. The summed E-state index contributed by atoms with van der Waals surface area (Å²) in [6.45, 7) is 6.09. The summed E-state index contributed by atoms with van der Waals surface area (Å²) in [5.74, 6) is 0.0869. The highest BCUT2D eigenvalue weighted by Gasteiger charge is 2.23. The van der Waals surface area contributed by atoms with Crippen molar-refractivity contribution in [3.63, 3.8) is 0 Å². The van der Waals surface area contributed by atoms with E-state index in [1.54, 1.807) is 7.11 Å². The topological polar surface area (TPSA) is 42.0 Å². The Hall–Kier alpha value is -0.650. The predicted octanol–water partition coefficient (Wildman–Crippen LogP) is 0.202. The fourth-order valence-corrected chi connectivity index (χ4v) is 2.13. The summed E-state index contributed by atoms with van der Waals surface area (Å²) in [5.41, 5.74) is 0. The number of hydrogen-bond donors (Lipinski definition) is 0. The lowest BCUT2D eigenvalue weighted by Gasteiger charge is -2.28. The van der Waals surface area contributed by atoms with E-state index in [0.717, 1.165) is 26.1 Å². The second kappa shape index (κ2) is 7.63. The average molecular weight is 244 g/mol. The Labute approximate surface area is 104 Å². The Balaban J connectivity index is 2.33. The average Bonchev–Trinajstić information content (AvgIpc) is 2.45. The minimum Gasteiger partial charge on any atom is -0.382 e. The van der Waals surface area contributed by atoms with Gasteiger partial charge in [-0.3, -0.25) is 4.79 Å². The molecule has 0 aromatic carbocycles. The van der Waals surface area contributed by atoms with Crippen LogP contribution in [0.2, 0.25) is 0 Å². The maximum atomic E-state index is 12.0. The van der Waals surface area contributed by atoms with Gasteiger partial charge in [-0.1, -0.05) is 0 Å². The summed E-state index contributed by atoms with van der Waals surface area (Å²) < 4.78 is 10.1. The summed E-state index contributed by atoms with van der Waals surface area (Å²) in [6, 6.07) is 0.265. The van der Waals surface area contributed by atoms with E-state index in [2.05, 4.69) is 18.9 Å². The molecule has 0 aromatic heterocycles. The molecule has 0 aliphatic carbocycles. The van der Waals surface area contributed by atoms with Gasteiger partial charge in [0.1, 0.15) is 6.61 Å². The largest absolute Gasteiger partial charge is 0.382 e. The second-order valence-electron chi connectivity index (χ2n) is 4.60.